The van der Waals surface area contributed by atoms with E-state index in [4.69, 9.17) is 10.00 Å². The van der Waals surface area contributed by atoms with Gasteiger partial charge in [0.15, 0.2) is 0 Å². The minimum absolute atomic E-state index is 0.415. The summed E-state index contributed by atoms with van der Waals surface area (Å²) in [4.78, 5) is 4.15. The normalized spacial score (nSPS) is 9.80. The van der Waals surface area contributed by atoms with Gasteiger partial charge in [0.2, 0.25) is 0 Å². The molecule has 4 heteroatoms. The van der Waals surface area contributed by atoms with Gasteiger partial charge in [0.1, 0.15) is 11.5 Å². The Kier molecular flexibility index (Phi) is 4.96. The molecule has 0 bridgehead atoms. The summed E-state index contributed by atoms with van der Waals surface area (Å²) in [5.74, 6) is 1.43. The second-order valence-corrected chi connectivity index (χ2v) is 4.42. The monoisotopic (exact) mass is 267 g/mol. The molecule has 0 unspecified atom stereocenters. The predicted octanol–water partition coefficient (Wildman–Crippen LogP) is 3.76. The lowest BCUT2D eigenvalue weighted by atomic mass is 10.2. The van der Waals surface area contributed by atoms with E-state index in [1.54, 1.807) is 12.4 Å². The Morgan fingerprint density at radius 2 is 2.00 bits per heavy atom. The fourth-order valence-electron chi connectivity index (χ4n) is 1.74. The van der Waals surface area contributed by atoms with E-state index in [-0.39, 0.29) is 0 Å². The Hall–Kier alpha value is -2.54. The van der Waals surface area contributed by atoms with Crippen LogP contribution in [-0.2, 0) is 6.42 Å². The number of pyridine rings is 1. The van der Waals surface area contributed by atoms with Gasteiger partial charge in [-0.05, 0) is 24.1 Å². The molecule has 20 heavy (non-hydrogen) atoms. The molecular formula is C16H17N3O. The molecule has 0 atom stereocenters. The second-order valence-electron chi connectivity index (χ2n) is 4.42. The van der Waals surface area contributed by atoms with E-state index < -0.39 is 0 Å². The van der Waals surface area contributed by atoms with Gasteiger partial charge in [-0.15, -0.1) is 0 Å². The van der Waals surface area contributed by atoms with Crippen LogP contribution in [0.3, 0.4) is 0 Å². The third-order valence-electron chi connectivity index (χ3n) is 2.73. The van der Waals surface area contributed by atoms with Gasteiger partial charge in [-0.3, -0.25) is 4.98 Å². The van der Waals surface area contributed by atoms with Crippen molar-refractivity contribution in [1.82, 2.24) is 4.98 Å². The third kappa shape index (κ3) is 3.99. The lowest BCUT2D eigenvalue weighted by molar-refractivity contribution is 0.480. The Morgan fingerprint density at radius 3 is 2.70 bits per heavy atom. The first-order valence-electron chi connectivity index (χ1n) is 6.64. The molecule has 4 nitrogen and oxygen atoms in total. The topological polar surface area (TPSA) is 57.9 Å². The molecule has 1 aromatic heterocycles. The Bertz CT molecular complexity index is 587. The SMILES string of the molecule is CCCNc1cncc(Oc2ccc(CC#N)cc2)c1. The van der Waals surface area contributed by atoms with Crippen molar-refractivity contribution in [2.75, 3.05) is 11.9 Å². The summed E-state index contributed by atoms with van der Waals surface area (Å²) in [6.45, 7) is 3.03. The summed E-state index contributed by atoms with van der Waals surface area (Å²) in [7, 11) is 0. The first-order chi connectivity index (χ1) is 9.81. The van der Waals surface area contributed by atoms with Crippen LogP contribution in [0.15, 0.2) is 42.7 Å². The van der Waals surface area contributed by atoms with Crippen LogP contribution in [0.4, 0.5) is 5.69 Å². The Balaban J connectivity index is 2.03. The largest absolute Gasteiger partial charge is 0.456 e. The number of ether oxygens (including phenoxy) is 1. The number of anilines is 1. The molecule has 0 saturated heterocycles. The van der Waals surface area contributed by atoms with Crippen molar-refractivity contribution in [1.29, 1.82) is 5.26 Å². The number of nitriles is 1. The van der Waals surface area contributed by atoms with Crippen molar-refractivity contribution in [3.63, 3.8) is 0 Å². The lowest BCUT2D eigenvalue weighted by Crippen LogP contribution is -2.00. The van der Waals surface area contributed by atoms with Crippen LogP contribution in [0.5, 0.6) is 11.5 Å². The zero-order valence-corrected chi connectivity index (χ0v) is 11.5. The maximum Gasteiger partial charge on any atom is 0.147 e. The van der Waals surface area contributed by atoms with E-state index in [0.29, 0.717) is 12.2 Å². The molecule has 0 aliphatic heterocycles. The molecule has 102 valence electrons. The molecule has 0 spiro atoms. The first kappa shape index (κ1) is 13.9. The van der Waals surface area contributed by atoms with Crippen molar-refractivity contribution < 1.29 is 4.74 Å². The van der Waals surface area contributed by atoms with Gasteiger partial charge < -0.3 is 10.1 Å². The summed E-state index contributed by atoms with van der Waals surface area (Å²) in [6.07, 6.45) is 4.93. The highest BCUT2D eigenvalue weighted by Gasteiger charge is 2.00. The average molecular weight is 267 g/mol. The van der Waals surface area contributed by atoms with Crippen LogP contribution in [0.2, 0.25) is 0 Å². The molecule has 0 amide bonds. The van der Waals surface area contributed by atoms with Crippen molar-refractivity contribution in [3.8, 4) is 17.6 Å². The number of nitrogens with one attached hydrogen (secondary N) is 1. The fraction of sp³-hybridized carbons (Fsp3) is 0.250. The van der Waals surface area contributed by atoms with Crippen LogP contribution < -0.4 is 10.1 Å². The molecule has 0 radical (unpaired) electrons. The molecule has 2 rings (SSSR count). The number of nitrogens with zero attached hydrogens (tertiary/aromatic N) is 2. The number of rotatable bonds is 6. The van der Waals surface area contributed by atoms with E-state index in [0.717, 1.165) is 30.0 Å². The molecule has 0 fully saturated rings. The number of hydrogen-bond donors (Lipinski definition) is 1. The summed E-state index contributed by atoms with van der Waals surface area (Å²) >= 11 is 0. The van der Waals surface area contributed by atoms with Crippen LogP contribution in [0, 0.1) is 11.3 Å². The highest BCUT2D eigenvalue weighted by Crippen LogP contribution is 2.23. The molecule has 0 saturated carbocycles. The van der Waals surface area contributed by atoms with Crippen molar-refractivity contribution in [3.05, 3.63) is 48.3 Å². The highest BCUT2D eigenvalue weighted by molar-refractivity contribution is 5.46. The van der Waals surface area contributed by atoms with Gasteiger partial charge in [0.25, 0.3) is 0 Å². The summed E-state index contributed by atoms with van der Waals surface area (Å²) in [5, 5.41) is 11.9. The van der Waals surface area contributed by atoms with Gasteiger partial charge in [-0.25, -0.2) is 0 Å². The van der Waals surface area contributed by atoms with Crippen LogP contribution in [0.1, 0.15) is 18.9 Å². The van der Waals surface area contributed by atoms with E-state index in [2.05, 4.69) is 23.3 Å². The summed E-state index contributed by atoms with van der Waals surface area (Å²) in [5.41, 5.74) is 1.93. The molecule has 1 N–H and O–H groups in total. The van der Waals surface area contributed by atoms with Gasteiger partial charge in [0, 0.05) is 12.6 Å². The van der Waals surface area contributed by atoms with Gasteiger partial charge in [-0.1, -0.05) is 19.1 Å². The quantitative estimate of drug-likeness (QED) is 0.865. The molecule has 0 aliphatic carbocycles. The van der Waals surface area contributed by atoms with E-state index >= 15 is 0 Å². The van der Waals surface area contributed by atoms with Gasteiger partial charge >= 0.3 is 0 Å². The number of hydrogen-bond acceptors (Lipinski definition) is 4. The Labute approximate surface area is 119 Å². The van der Waals surface area contributed by atoms with Crippen molar-refractivity contribution in [2.45, 2.75) is 19.8 Å². The smallest absolute Gasteiger partial charge is 0.147 e. The molecule has 1 heterocycles. The predicted molar refractivity (Wildman–Crippen MR) is 78.9 cm³/mol. The van der Waals surface area contributed by atoms with Crippen molar-refractivity contribution in [2.24, 2.45) is 0 Å². The third-order valence-corrected chi connectivity index (χ3v) is 2.73. The van der Waals surface area contributed by atoms with Crippen molar-refractivity contribution >= 4 is 5.69 Å². The minimum atomic E-state index is 0.415. The van der Waals surface area contributed by atoms with Crippen LogP contribution in [-0.4, -0.2) is 11.5 Å². The standard InChI is InChI=1S/C16H17N3O/c1-2-9-19-14-10-16(12-18-11-14)20-15-5-3-13(4-6-15)7-8-17/h3-6,10-12,19H,2,7,9H2,1H3. The van der Waals surface area contributed by atoms with Gasteiger partial charge in [-0.2, -0.15) is 5.26 Å². The van der Waals surface area contributed by atoms with E-state index in [1.807, 2.05) is 30.3 Å². The number of aromatic nitrogens is 1. The zero-order valence-electron chi connectivity index (χ0n) is 11.5. The fourth-order valence-corrected chi connectivity index (χ4v) is 1.74. The molecule has 2 aromatic rings. The first-order valence-corrected chi connectivity index (χ1v) is 6.64. The van der Waals surface area contributed by atoms with Crippen LogP contribution >= 0.6 is 0 Å². The van der Waals surface area contributed by atoms with E-state index in [1.165, 1.54) is 0 Å². The Morgan fingerprint density at radius 1 is 1.20 bits per heavy atom. The highest BCUT2D eigenvalue weighted by atomic mass is 16.5. The molecule has 1 aromatic carbocycles. The number of benzene rings is 1. The summed E-state index contributed by atoms with van der Waals surface area (Å²) in [6, 6.07) is 11.6. The van der Waals surface area contributed by atoms with E-state index in [9.17, 15) is 0 Å². The average Bonchev–Trinajstić information content (AvgIpc) is 2.48. The minimum Gasteiger partial charge on any atom is -0.456 e. The molecular weight excluding hydrogens is 250 g/mol. The maximum atomic E-state index is 8.63. The van der Waals surface area contributed by atoms with Gasteiger partial charge in [0.05, 0.1) is 30.6 Å². The van der Waals surface area contributed by atoms with Crippen LogP contribution in [0.25, 0.3) is 0 Å². The zero-order chi connectivity index (χ0) is 14.2. The second kappa shape index (κ2) is 7.15. The lowest BCUT2D eigenvalue weighted by Gasteiger charge is -2.08. The summed E-state index contributed by atoms with van der Waals surface area (Å²) < 4.78 is 5.75. The maximum absolute atomic E-state index is 8.63. The molecule has 0 aliphatic rings.